The van der Waals surface area contributed by atoms with E-state index in [0.29, 0.717) is 37.1 Å². The average molecular weight is 317 g/mol. The summed E-state index contributed by atoms with van der Waals surface area (Å²) in [6.45, 7) is 5.97. The largest absolute Gasteiger partial charge is 0.491 e. The van der Waals surface area contributed by atoms with E-state index in [2.05, 4.69) is 29.4 Å². The molecular weight excluding hydrogens is 294 g/mol. The maximum atomic E-state index is 12.3. The highest BCUT2D eigenvalue weighted by molar-refractivity contribution is 5.90. The van der Waals surface area contributed by atoms with E-state index in [4.69, 9.17) is 4.74 Å². The van der Waals surface area contributed by atoms with Crippen LogP contribution < -0.4 is 10.1 Å². The summed E-state index contributed by atoms with van der Waals surface area (Å²) in [6, 6.07) is 7.27. The lowest BCUT2D eigenvalue weighted by Crippen LogP contribution is -2.33. The average Bonchev–Trinajstić information content (AvgIpc) is 3.05. The van der Waals surface area contributed by atoms with Gasteiger partial charge in [-0.2, -0.15) is 0 Å². The van der Waals surface area contributed by atoms with Crippen molar-refractivity contribution in [2.75, 3.05) is 25.5 Å². The van der Waals surface area contributed by atoms with Crippen LogP contribution in [0.3, 0.4) is 0 Å². The maximum absolute atomic E-state index is 12.3. The number of rotatable bonds is 7. The van der Waals surface area contributed by atoms with Gasteiger partial charge in [-0.15, -0.1) is 10.2 Å². The Morgan fingerprint density at radius 3 is 2.70 bits per heavy atom. The van der Waals surface area contributed by atoms with Crippen LogP contribution in [-0.2, 0) is 6.54 Å². The van der Waals surface area contributed by atoms with Crippen molar-refractivity contribution in [3.05, 3.63) is 36.9 Å². The zero-order chi connectivity index (χ0) is 16.7. The van der Waals surface area contributed by atoms with Crippen LogP contribution in [0.4, 0.5) is 10.5 Å². The lowest BCUT2D eigenvalue weighted by atomic mass is 10.2. The molecule has 0 unspecified atom stereocenters. The van der Waals surface area contributed by atoms with Gasteiger partial charge < -0.3 is 19.5 Å². The second-order valence-corrected chi connectivity index (χ2v) is 5.75. The summed E-state index contributed by atoms with van der Waals surface area (Å²) in [5.74, 6) is 1.10. The molecule has 2 rings (SSSR count). The van der Waals surface area contributed by atoms with E-state index in [1.54, 1.807) is 24.6 Å². The normalized spacial score (nSPS) is 10.6. The summed E-state index contributed by atoms with van der Waals surface area (Å²) < 4.78 is 7.57. The van der Waals surface area contributed by atoms with E-state index in [1.807, 2.05) is 28.8 Å². The molecule has 7 nitrogen and oxygen atoms in total. The fraction of sp³-hybridized carbons (Fsp3) is 0.438. The van der Waals surface area contributed by atoms with Crippen molar-refractivity contribution >= 4 is 11.7 Å². The second-order valence-electron chi connectivity index (χ2n) is 5.75. The number of nitrogens with one attached hydrogen (secondary N) is 1. The van der Waals surface area contributed by atoms with Crippen molar-refractivity contribution in [3.8, 4) is 5.75 Å². The number of hydrogen-bond acceptors (Lipinski definition) is 4. The van der Waals surface area contributed by atoms with E-state index < -0.39 is 0 Å². The van der Waals surface area contributed by atoms with Crippen LogP contribution in [0.5, 0.6) is 5.75 Å². The zero-order valence-electron chi connectivity index (χ0n) is 13.8. The van der Waals surface area contributed by atoms with Crippen molar-refractivity contribution < 1.29 is 9.53 Å². The molecule has 0 bridgehead atoms. The minimum absolute atomic E-state index is 0.182. The summed E-state index contributed by atoms with van der Waals surface area (Å²) in [6.07, 6.45) is 3.25. The predicted octanol–water partition coefficient (Wildman–Crippen LogP) is 2.48. The zero-order valence-corrected chi connectivity index (χ0v) is 13.8. The first-order chi connectivity index (χ1) is 11.1. The smallest absolute Gasteiger partial charge is 0.321 e. The standard InChI is InChI=1S/C16H23N5O2/c1-13(2)10-23-15-7-5-4-6-14(15)19-16(22)20(3)8-9-21-11-17-18-12-21/h4-7,11-13H,8-10H2,1-3H3,(H,19,22). The monoisotopic (exact) mass is 317 g/mol. The molecule has 0 saturated carbocycles. The van der Waals surface area contributed by atoms with E-state index in [-0.39, 0.29) is 6.03 Å². The van der Waals surface area contributed by atoms with Crippen LogP contribution in [-0.4, -0.2) is 45.9 Å². The molecule has 1 heterocycles. The van der Waals surface area contributed by atoms with Crippen LogP contribution in [0.2, 0.25) is 0 Å². The molecule has 124 valence electrons. The van der Waals surface area contributed by atoms with E-state index in [9.17, 15) is 4.79 Å². The minimum atomic E-state index is -0.182. The number of benzene rings is 1. The predicted molar refractivity (Wildman–Crippen MR) is 88.4 cm³/mol. The van der Waals surface area contributed by atoms with Gasteiger partial charge in [0, 0.05) is 20.1 Å². The molecule has 0 radical (unpaired) electrons. The fourth-order valence-corrected chi connectivity index (χ4v) is 1.87. The van der Waals surface area contributed by atoms with Crippen molar-refractivity contribution in [3.63, 3.8) is 0 Å². The van der Waals surface area contributed by atoms with Crippen LogP contribution in [0, 0.1) is 5.92 Å². The van der Waals surface area contributed by atoms with Crippen LogP contribution in [0.15, 0.2) is 36.9 Å². The van der Waals surface area contributed by atoms with E-state index in [1.165, 1.54) is 0 Å². The molecule has 1 aromatic carbocycles. The highest BCUT2D eigenvalue weighted by atomic mass is 16.5. The van der Waals surface area contributed by atoms with Gasteiger partial charge in [0.25, 0.3) is 0 Å². The number of para-hydroxylation sites is 2. The first-order valence-corrected chi connectivity index (χ1v) is 7.62. The van der Waals surface area contributed by atoms with E-state index >= 15 is 0 Å². The van der Waals surface area contributed by atoms with Crippen LogP contribution in [0.25, 0.3) is 0 Å². The van der Waals surface area contributed by atoms with Gasteiger partial charge >= 0.3 is 6.03 Å². The molecule has 2 aromatic rings. The number of ether oxygens (including phenoxy) is 1. The SMILES string of the molecule is CC(C)COc1ccccc1NC(=O)N(C)CCn1cnnc1. The molecule has 1 aromatic heterocycles. The van der Waals surface area contributed by atoms with Gasteiger partial charge in [0.2, 0.25) is 0 Å². The number of nitrogens with zero attached hydrogens (tertiary/aromatic N) is 4. The van der Waals surface area contributed by atoms with Gasteiger partial charge in [-0.05, 0) is 18.1 Å². The molecule has 1 N–H and O–H groups in total. The number of anilines is 1. The molecule has 0 aliphatic rings. The number of urea groups is 1. The summed E-state index contributed by atoms with van der Waals surface area (Å²) >= 11 is 0. The number of carbonyl (C=O) groups excluding carboxylic acids is 1. The Bertz CT molecular complexity index is 613. The quantitative estimate of drug-likeness (QED) is 0.851. The Morgan fingerprint density at radius 1 is 1.30 bits per heavy atom. The van der Waals surface area contributed by atoms with Crippen molar-refractivity contribution in [1.29, 1.82) is 0 Å². The minimum Gasteiger partial charge on any atom is -0.491 e. The first-order valence-electron chi connectivity index (χ1n) is 7.62. The van der Waals surface area contributed by atoms with E-state index in [0.717, 1.165) is 0 Å². The molecule has 0 fully saturated rings. The molecule has 0 spiro atoms. The Morgan fingerprint density at radius 2 is 2.00 bits per heavy atom. The molecule has 23 heavy (non-hydrogen) atoms. The van der Waals surface area contributed by atoms with Crippen molar-refractivity contribution in [2.24, 2.45) is 5.92 Å². The van der Waals surface area contributed by atoms with Crippen LogP contribution >= 0.6 is 0 Å². The van der Waals surface area contributed by atoms with Gasteiger partial charge in [0.1, 0.15) is 18.4 Å². The number of likely N-dealkylation sites (N-methyl/N-ethyl adjacent to an activating group) is 1. The Hall–Kier alpha value is -2.57. The van der Waals surface area contributed by atoms with Crippen LogP contribution in [0.1, 0.15) is 13.8 Å². The molecular formula is C16H23N5O2. The topological polar surface area (TPSA) is 72.3 Å². The summed E-state index contributed by atoms with van der Waals surface area (Å²) in [4.78, 5) is 13.9. The summed E-state index contributed by atoms with van der Waals surface area (Å²) in [5.41, 5.74) is 0.675. The first kappa shape index (κ1) is 16.8. The number of aromatic nitrogens is 3. The highest BCUT2D eigenvalue weighted by Crippen LogP contribution is 2.24. The molecule has 7 heteroatoms. The fourth-order valence-electron chi connectivity index (χ4n) is 1.87. The second kappa shape index (κ2) is 8.17. The van der Waals surface area contributed by atoms with Crippen molar-refractivity contribution in [2.45, 2.75) is 20.4 Å². The highest BCUT2D eigenvalue weighted by Gasteiger charge is 2.12. The van der Waals surface area contributed by atoms with Gasteiger partial charge in [-0.25, -0.2) is 4.79 Å². The van der Waals surface area contributed by atoms with Gasteiger partial charge in [-0.1, -0.05) is 26.0 Å². The third kappa shape index (κ3) is 5.28. The Labute approximate surface area is 136 Å². The van der Waals surface area contributed by atoms with Gasteiger partial charge in [0.15, 0.2) is 0 Å². The lowest BCUT2D eigenvalue weighted by Gasteiger charge is -2.19. The molecule has 0 saturated heterocycles. The summed E-state index contributed by atoms with van der Waals surface area (Å²) in [7, 11) is 1.75. The molecule has 0 aliphatic heterocycles. The summed E-state index contributed by atoms with van der Waals surface area (Å²) in [5, 5.41) is 10.4. The molecule has 2 amide bonds. The van der Waals surface area contributed by atoms with Gasteiger partial charge in [-0.3, -0.25) is 0 Å². The maximum Gasteiger partial charge on any atom is 0.321 e. The molecule has 0 atom stereocenters. The third-order valence-electron chi connectivity index (χ3n) is 3.21. The third-order valence-corrected chi connectivity index (χ3v) is 3.21. The Kier molecular flexibility index (Phi) is 5.96. The number of carbonyl (C=O) groups is 1. The number of hydrogen-bond donors (Lipinski definition) is 1. The number of amides is 2. The van der Waals surface area contributed by atoms with Gasteiger partial charge in [0.05, 0.1) is 12.3 Å². The van der Waals surface area contributed by atoms with Crippen molar-refractivity contribution in [1.82, 2.24) is 19.7 Å². The lowest BCUT2D eigenvalue weighted by molar-refractivity contribution is 0.220. The Balaban J connectivity index is 1.91. The molecule has 0 aliphatic carbocycles.